The van der Waals surface area contributed by atoms with Gasteiger partial charge in [-0.05, 0) is 60.9 Å². The van der Waals surface area contributed by atoms with E-state index < -0.39 is 0 Å². The molecule has 1 saturated heterocycles. The van der Waals surface area contributed by atoms with Crippen molar-refractivity contribution in [3.05, 3.63) is 66.1 Å². The SMILES string of the molecule is O=C(NCc1ccc2c(c1)OCO2)C1CCN(c2ccnc(-c3ccc(F)cc3)n2)CC1. The zero-order valence-corrected chi connectivity index (χ0v) is 17.5. The van der Waals surface area contributed by atoms with Gasteiger partial charge in [0.05, 0.1) is 0 Å². The molecule has 0 radical (unpaired) electrons. The maximum Gasteiger partial charge on any atom is 0.231 e. The number of nitrogens with zero attached hydrogens (tertiary/aromatic N) is 3. The van der Waals surface area contributed by atoms with Gasteiger partial charge in [0.2, 0.25) is 12.7 Å². The second-order valence-electron chi connectivity index (χ2n) is 7.91. The topological polar surface area (TPSA) is 76.6 Å². The van der Waals surface area contributed by atoms with Gasteiger partial charge in [-0.25, -0.2) is 14.4 Å². The first-order chi connectivity index (χ1) is 15.7. The van der Waals surface area contributed by atoms with Crippen molar-refractivity contribution in [1.29, 1.82) is 0 Å². The normalized spacial score (nSPS) is 15.6. The summed E-state index contributed by atoms with van der Waals surface area (Å²) in [7, 11) is 0. The fourth-order valence-corrected chi connectivity index (χ4v) is 4.02. The highest BCUT2D eigenvalue weighted by atomic mass is 19.1. The third-order valence-electron chi connectivity index (χ3n) is 5.84. The zero-order valence-electron chi connectivity index (χ0n) is 17.5. The summed E-state index contributed by atoms with van der Waals surface area (Å²) in [5.41, 5.74) is 1.75. The van der Waals surface area contributed by atoms with Crippen LogP contribution in [-0.2, 0) is 11.3 Å². The molecule has 7 nitrogen and oxygen atoms in total. The Morgan fingerprint density at radius 3 is 2.66 bits per heavy atom. The summed E-state index contributed by atoms with van der Waals surface area (Å²) in [6.07, 6.45) is 3.22. The molecule has 3 aromatic rings. The number of carbonyl (C=O) groups excluding carboxylic acids is 1. The molecule has 3 heterocycles. The van der Waals surface area contributed by atoms with Gasteiger partial charge in [-0.3, -0.25) is 4.79 Å². The number of halogens is 1. The highest BCUT2D eigenvalue weighted by Crippen LogP contribution is 2.32. The van der Waals surface area contributed by atoms with Gasteiger partial charge in [-0.15, -0.1) is 0 Å². The quantitative estimate of drug-likeness (QED) is 0.662. The average molecular weight is 434 g/mol. The minimum atomic E-state index is -0.288. The average Bonchev–Trinajstić information content (AvgIpc) is 3.31. The molecule has 8 heteroatoms. The van der Waals surface area contributed by atoms with E-state index in [-0.39, 0.29) is 24.4 Å². The van der Waals surface area contributed by atoms with E-state index in [0.29, 0.717) is 12.4 Å². The van der Waals surface area contributed by atoms with Crippen LogP contribution in [0.25, 0.3) is 11.4 Å². The number of hydrogen-bond donors (Lipinski definition) is 1. The largest absolute Gasteiger partial charge is 0.454 e. The molecular formula is C24H23FN4O3. The Morgan fingerprint density at radius 1 is 1.06 bits per heavy atom. The van der Waals surface area contributed by atoms with Crippen molar-refractivity contribution in [2.45, 2.75) is 19.4 Å². The van der Waals surface area contributed by atoms with Gasteiger partial charge < -0.3 is 19.7 Å². The van der Waals surface area contributed by atoms with Crippen molar-refractivity contribution in [2.24, 2.45) is 5.92 Å². The lowest BCUT2D eigenvalue weighted by molar-refractivity contribution is -0.125. The number of rotatable bonds is 5. The molecule has 0 saturated carbocycles. The standard InChI is InChI=1S/C24H23FN4O3/c25-19-4-2-17(3-5-19)23-26-10-7-22(28-23)29-11-8-18(9-12-29)24(30)27-14-16-1-6-20-21(13-16)32-15-31-20/h1-7,10,13,18H,8-9,11-12,14-15H2,(H,27,30). The first kappa shape index (κ1) is 20.2. The summed E-state index contributed by atoms with van der Waals surface area (Å²) >= 11 is 0. The van der Waals surface area contributed by atoms with E-state index >= 15 is 0 Å². The fraction of sp³-hybridized carbons (Fsp3) is 0.292. The number of anilines is 1. The van der Waals surface area contributed by atoms with Crippen LogP contribution >= 0.6 is 0 Å². The predicted octanol–water partition coefficient (Wildman–Crippen LogP) is 3.54. The number of aromatic nitrogens is 2. The van der Waals surface area contributed by atoms with E-state index in [0.717, 1.165) is 54.4 Å². The van der Waals surface area contributed by atoms with E-state index in [9.17, 15) is 9.18 Å². The number of benzene rings is 2. The number of ether oxygens (including phenoxy) is 2. The highest BCUT2D eigenvalue weighted by Gasteiger charge is 2.26. The van der Waals surface area contributed by atoms with Crippen LogP contribution in [0.4, 0.5) is 10.2 Å². The van der Waals surface area contributed by atoms with Crippen LogP contribution in [0.1, 0.15) is 18.4 Å². The van der Waals surface area contributed by atoms with E-state index in [4.69, 9.17) is 9.47 Å². The number of hydrogen-bond acceptors (Lipinski definition) is 6. The lowest BCUT2D eigenvalue weighted by Crippen LogP contribution is -2.40. The maximum absolute atomic E-state index is 13.2. The van der Waals surface area contributed by atoms with E-state index in [2.05, 4.69) is 20.2 Å². The summed E-state index contributed by atoms with van der Waals surface area (Å²) in [6, 6.07) is 13.7. The smallest absolute Gasteiger partial charge is 0.231 e. The lowest BCUT2D eigenvalue weighted by atomic mass is 9.96. The van der Waals surface area contributed by atoms with Crippen molar-refractivity contribution < 1.29 is 18.7 Å². The minimum Gasteiger partial charge on any atom is -0.454 e. The molecule has 164 valence electrons. The minimum absolute atomic E-state index is 0.0290. The molecule has 2 aromatic carbocycles. The van der Waals surface area contributed by atoms with Crippen LogP contribution in [0.2, 0.25) is 0 Å². The summed E-state index contributed by atoms with van der Waals surface area (Å²) in [5, 5.41) is 3.04. The first-order valence-electron chi connectivity index (χ1n) is 10.7. The van der Waals surface area contributed by atoms with E-state index in [1.165, 1.54) is 12.1 Å². The Labute approximate surface area is 185 Å². The highest BCUT2D eigenvalue weighted by molar-refractivity contribution is 5.79. The summed E-state index contributed by atoms with van der Waals surface area (Å²) in [4.78, 5) is 23.8. The van der Waals surface area contributed by atoms with Gasteiger partial charge in [-0.1, -0.05) is 6.07 Å². The van der Waals surface area contributed by atoms with Crippen LogP contribution in [0.5, 0.6) is 11.5 Å². The van der Waals surface area contributed by atoms with Crippen LogP contribution in [-0.4, -0.2) is 35.8 Å². The Balaban J connectivity index is 1.16. The number of piperidine rings is 1. The molecule has 32 heavy (non-hydrogen) atoms. The molecule has 1 N–H and O–H groups in total. The molecule has 5 rings (SSSR count). The molecule has 0 aliphatic carbocycles. The third kappa shape index (κ3) is 4.34. The number of carbonyl (C=O) groups is 1. The van der Waals surface area contributed by atoms with Crippen molar-refractivity contribution in [3.8, 4) is 22.9 Å². The zero-order chi connectivity index (χ0) is 21.9. The van der Waals surface area contributed by atoms with E-state index in [1.807, 2.05) is 24.3 Å². The molecule has 0 bridgehead atoms. The van der Waals surface area contributed by atoms with Crippen LogP contribution in [0, 0.1) is 11.7 Å². The molecule has 1 fully saturated rings. The van der Waals surface area contributed by atoms with Crippen molar-refractivity contribution in [3.63, 3.8) is 0 Å². The van der Waals surface area contributed by atoms with E-state index in [1.54, 1.807) is 18.3 Å². The summed E-state index contributed by atoms with van der Waals surface area (Å²) in [5.74, 6) is 2.58. The van der Waals surface area contributed by atoms with Crippen molar-refractivity contribution >= 4 is 11.7 Å². The van der Waals surface area contributed by atoms with Gasteiger partial charge in [-0.2, -0.15) is 0 Å². The molecule has 1 aromatic heterocycles. The van der Waals surface area contributed by atoms with Gasteiger partial charge in [0.15, 0.2) is 17.3 Å². The van der Waals surface area contributed by atoms with Gasteiger partial charge >= 0.3 is 0 Å². The monoisotopic (exact) mass is 434 g/mol. The third-order valence-corrected chi connectivity index (χ3v) is 5.84. The Morgan fingerprint density at radius 2 is 1.84 bits per heavy atom. The molecule has 1 amide bonds. The first-order valence-corrected chi connectivity index (χ1v) is 10.7. The maximum atomic E-state index is 13.2. The number of nitrogens with one attached hydrogen (secondary N) is 1. The molecule has 0 unspecified atom stereocenters. The lowest BCUT2D eigenvalue weighted by Gasteiger charge is -2.32. The molecule has 0 spiro atoms. The number of amides is 1. The molecular weight excluding hydrogens is 411 g/mol. The van der Waals surface area contributed by atoms with Crippen molar-refractivity contribution in [2.75, 3.05) is 24.8 Å². The van der Waals surface area contributed by atoms with Gasteiger partial charge in [0, 0.05) is 37.3 Å². The Kier molecular flexibility index (Phi) is 5.58. The molecule has 2 aliphatic heterocycles. The number of fused-ring (bicyclic) bond motifs is 1. The molecule has 2 aliphatic rings. The Hall–Kier alpha value is -3.68. The second-order valence-corrected chi connectivity index (χ2v) is 7.91. The van der Waals surface area contributed by atoms with Crippen LogP contribution in [0.3, 0.4) is 0 Å². The van der Waals surface area contributed by atoms with Gasteiger partial charge in [0.1, 0.15) is 11.6 Å². The van der Waals surface area contributed by atoms with Crippen LogP contribution < -0.4 is 19.7 Å². The van der Waals surface area contributed by atoms with Crippen molar-refractivity contribution in [1.82, 2.24) is 15.3 Å². The summed E-state index contributed by atoms with van der Waals surface area (Å²) in [6.45, 7) is 2.17. The Bertz CT molecular complexity index is 1110. The predicted molar refractivity (Wildman–Crippen MR) is 117 cm³/mol. The fourth-order valence-electron chi connectivity index (χ4n) is 4.02. The van der Waals surface area contributed by atoms with Crippen LogP contribution in [0.15, 0.2) is 54.7 Å². The molecule has 0 atom stereocenters. The second kappa shape index (κ2) is 8.82. The summed E-state index contributed by atoms with van der Waals surface area (Å²) < 4.78 is 23.9. The van der Waals surface area contributed by atoms with Gasteiger partial charge in [0.25, 0.3) is 0 Å².